The Morgan fingerprint density at radius 2 is 2.08 bits per heavy atom. The third kappa shape index (κ3) is 1.35. The number of rotatable bonds is 1. The van der Waals surface area contributed by atoms with Gasteiger partial charge in [0.2, 0.25) is 0 Å². The molecule has 2 rings (SSSR count). The van der Waals surface area contributed by atoms with Crippen molar-refractivity contribution in [1.82, 2.24) is 5.32 Å². The molecule has 1 spiro atoms. The molecule has 2 fully saturated rings. The summed E-state index contributed by atoms with van der Waals surface area (Å²) in [6, 6.07) is -0.0278. The summed E-state index contributed by atoms with van der Waals surface area (Å²) < 4.78 is 4.82. The van der Waals surface area contributed by atoms with E-state index in [1.165, 1.54) is 32.8 Å². The lowest BCUT2D eigenvalue weighted by Crippen LogP contribution is -2.42. The Hall–Kier alpha value is -0.570. The van der Waals surface area contributed by atoms with Crippen molar-refractivity contribution in [1.29, 1.82) is 0 Å². The molecule has 0 bridgehead atoms. The number of esters is 1. The highest BCUT2D eigenvalue weighted by Gasteiger charge is 2.48. The van der Waals surface area contributed by atoms with Crippen LogP contribution in [0.3, 0.4) is 0 Å². The fraction of sp³-hybridized carbons (Fsp3) is 0.900. The Morgan fingerprint density at radius 1 is 1.38 bits per heavy atom. The molecular formula is C10H17NO2. The van der Waals surface area contributed by atoms with Crippen molar-refractivity contribution in [2.75, 3.05) is 13.7 Å². The average molecular weight is 183 g/mol. The second-order valence-electron chi connectivity index (χ2n) is 4.23. The first-order chi connectivity index (χ1) is 6.28. The molecule has 1 heterocycles. The highest BCUT2D eigenvalue weighted by atomic mass is 16.5. The zero-order chi connectivity index (χ0) is 9.31. The van der Waals surface area contributed by atoms with E-state index in [0.29, 0.717) is 0 Å². The van der Waals surface area contributed by atoms with Gasteiger partial charge in [0.15, 0.2) is 0 Å². The zero-order valence-electron chi connectivity index (χ0n) is 8.14. The highest BCUT2D eigenvalue weighted by molar-refractivity contribution is 5.77. The molecule has 13 heavy (non-hydrogen) atoms. The van der Waals surface area contributed by atoms with Gasteiger partial charge in [0.05, 0.1) is 7.11 Å². The van der Waals surface area contributed by atoms with E-state index in [-0.39, 0.29) is 17.4 Å². The molecule has 0 aromatic heterocycles. The Bertz CT molecular complexity index is 203. The summed E-state index contributed by atoms with van der Waals surface area (Å²) >= 11 is 0. The van der Waals surface area contributed by atoms with Crippen LogP contribution < -0.4 is 5.32 Å². The molecule has 74 valence electrons. The van der Waals surface area contributed by atoms with E-state index >= 15 is 0 Å². The minimum atomic E-state index is -0.0700. The van der Waals surface area contributed by atoms with Crippen LogP contribution in [0.1, 0.15) is 32.1 Å². The first-order valence-corrected chi connectivity index (χ1v) is 5.10. The van der Waals surface area contributed by atoms with Crippen LogP contribution in [0.15, 0.2) is 0 Å². The molecule has 0 radical (unpaired) electrons. The van der Waals surface area contributed by atoms with Gasteiger partial charge in [-0.05, 0) is 31.2 Å². The van der Waals surface area contributed by atoms with Crippen LogP contribution in [-0.4, -0.2) is 25.7 Å². The number of ether oxygens (including phenoxy) is 1. The molecule has 1 N–H and O–H groups in total. The van der Waals surface area contributed by atoms with Crippen LogP contribution >= 0.6 is 0 Å². The topological polar surface area (TPSA) is 38.3 Å². The van der Waals surface area contributed by atoms with E-state index in [1.54, 1.807) is 0 Å². The van der Waals surface area contributed by atoms with Crippen molar-refractivity contribution in [3.05, 3.63) is 0 Å². The van der Waals surface area contributed by atoms with Gasteiger partial charge in [-0.2, -0.15) is 0 Å². The van der Waals surface area contributed by atoms with Gasteiger partial charge in [-0.25, -0.2) is 0 Å². The van der Waals surface area contributed by atoms with E-state index in [4.69, 9.17) is 4.74 Å². The van der Waals surface area contributed by atoms with Crippen LogP contribution in [0.2, 0.25) is 0 Å². The predicted molar refractivity (Wildman–Crippen MR) is 49.3 cm³/mol. The minimum Gasteiger partial charge on any atom is -0.468 e. The molecular weight excluding hydrogens is 166 g/mol. The monoisotopic (exact) mass is 183 g/mol. The van der Waals surface area contributed by atoms with Crippen LogP contribution in [-0.2, 0) is 9.53 Å². The SMILES string of the molecule is COC(=O)C1NCCC12CCCC2. The molecule has 1 saturated carbocycles. The maximum absolute atomic E-state index is 11.5. The molecule has 0 aromatic rings. The van der Waals surface area contributed by atoms with Gasteiger partial charge < -0.3 is 10.1 Å². The first-order valence-electron chi connectivity index (χ1n) is 5.10. The zero-order valence-corrected chi connectivity index (χ0v) is 8.14. The largest absolute Gasteiger partial charge is 0.468 e. The normalized spacial score (nSPS) is 31.0. The summed E-state index contributed by atoms with van der Waals surface area (Å²) in [7, 11) is 1.48. The second-order valence-corrected chi connectivity index (χ2v) is 4.23. The fourth-order valence-electron chi connectivity index (χ4n) is 2.90. The Morgan fingerprint density at radius 3 is 2.69 bits per heavy atom. The highest BCUT2D eigenvalue weighted by Crippen LogP contribution is 2.46. The molecule has 1 aliphatic heterocycles. The molecule has 2 aliphatic rings. The molecule has 1 saturated heterocycles. The summed E-state index contributed by atoms with van der Waals surface area (Å²) in [5.41, 5.74) is 0.243. The third-order valence-corrected chi connectivity index (χ3v) is 3.62. The first kappa shape index (κ1) is 9.00. The number of carbonyl (C=O) groups is 1. The van der Waals surface area contributed by atoms with E-state index in [0.717, 1.165) is 13.0 Å². The number of carbonyl (C=O) groups excluding carboxylic acids is 1. The van der Waals surface area contributed by atoms with Crippen molar-refractivity contribution >= 4 is 5.97 Å². The van der Waals surface area contributed by atoms with Gasteiger partial charge in [-0.15, -0.1) is 0 Å². The fourth-order valence-corrected chi connectivity index (χ4v) is 2.90. The van der Waals surface area contributed by atoms with Crippen molar-refractivity contribution in [3.8, 4) is 0 Å². The lowest BCUT2D eigenvalue weighted by atomic mass is 9.79. The average Bonchev–Trinajstić information content (AvgIpc) is 2.76. The van der Waals surface area contributed by atoms with Crippen LogP contribution in [0, 0.1) is 5.41 Å². The van der Waals surface area contributed by atoms with Gasteiger partial charge in [0.1, 0.15) is 6.04 Å². The molecule has 1 atom stereocenters. The Kier molecular flexibility index (Phi) is 2.28. The summed E-state index contributed by atoms with van der Waals surface area (Å²) in [6.07, 6.45) is 6.08. The van der Waals surface area contributed by atoms with E-state index in [1.807, 2.05) is 0 Å². The molecule has 3 heteroatoms. The van der Waals surface area contributed by atoms with Gasteiger partial charge in [0.25, 0.3) is 0 Å². The summed E-state index contributed by atoms with van der Waals surface area (Å²) in [4.78, 5) is 11.5. The molecule has 1 unspecified atom stereocenters. The van der Waals surface area contributed by atoms with E-state index < -0.39 is 0 Å². The van der Waals surface area contributed by atoms with Gasteiger partial charge in [-0.1, -0.05) is 12.8 Å². The van der Waals surface area contributed by atoms with Crippen molar-refractivity contribution in [2.45, 2.75) is 38.1 Å². The van der Waals surface area contributed by atoms with Gasteiger partial charge in [0, 0.05) is 0 Å². The summed E-state index contributed by atoms with van der Waals surface area (Å²) in [6.45, 7) is 0.972. The Balaban J connectivity index is 2.13. The number of hydrogen-bond donors (Lipinski definition) is 1. The Labute approximate surface area is 78.8 Å². The molecule has 0 amide bonds. The van der Waals surface area contributed by atoms with Crippen LogP contribution in [0.5, 0.6) is 0 Å². The van der Waals surface area contributed by atoms with E-state index in [9.17, 15) is 4.79 Å². The summed E-state index contributed by atoms with van der Waals surface area (Å²) in [5, 5.41) is 3.27. The lowest BCUT2D eigenvalue weighted by Gasteiger charge is -2.28. The van der Waals surface area contributed by atoms with Gasteiger partial charge in [-0.3, -0.25) is 4.79 Å². The maximum atomic E-state index is 11.5. The molecule has 0 aromatic carbocycles. The van der Waals surface area contributed by atoms with Gasteiger partial charge >= 0.3 is 5.97 Å². The van der Waals surface area contributed by atoms with Crippen molar-refractivity contribution in [2.24, 2.45) is 5.41 Å². The quantitative estimate of drug-likeness (QED) is 0.618. The lowest BCUT2D eigenvalue weighted by molar-refractivity contribution is -0.145. The van der Waals surface area contributed by atoms with Crippen molar-refractivity contribution in [3.63, 3.8) is 0 Å². The second kappa shape index (κ2) is 3.29. The molecule has 3 nitrogen and oxygen atoms in total. The van der Waals surface area contributed by atoms with Crippen molar-refractivity contribution < 1.29 is 9.53 Å². The third-order valence-electron chi connectivity index (χ3n) is 3.62. The number of methoxy groups -OCH3 is 1. The number of nitrogens with one attached hydrogen (secondary N) is 1. The molecule has 1 aliphatic carbocycles. The van der Waals surface area contributed by atoms with E-state index in [2.05, 4.69) is 5.32 Å². The minimum absolute atomic E-state index is 0.0278. The van der Waals surface area contributed by atoms with Crippen LogP contribution in [0.25, 0.3) is 0 Å². The van der Waals surface area contributed by atoms with Crippen LogP contribution in [0.4, 0.5) is 0 Å². The number of hydrogen-bond acceptors (Lipinski definition) is 3. The smallest absolute Gasteiger partial charge is 0.323 e. The maximum Gasteiger partial charge on any atom is 0.323 e. The standard InChI is InChI=1S/C10H17NO2/c1-13-9(12)8-10(6-7-11-8)4-2-3-5-10/h8,11H,2-7H2,1H3. The summed E-state index contributed by atoms with van der Waals surface area (Å²) in [5.74, 6) is -0.0700. The predicted octanol–water partition coefficient (Wildman–Crippen LogP) is 1.08.